The first-order chi connectivity index (χ1) is 11.7. The maximum absolute atomic E-state index is 4.67. The summed E-state index contributed by atoms with van der Waals surface area (Å²) >= 11 is 0. The third-order valence-electron chi connectivity index (χ3n) is 4.53. The molecule has 0 N–H and O–H groups in total. The highest BCUT2D eigenvalue weighted by molar-refractivity contribution is 5.96. The predicted molar refractivity (Wildman–Crippen MR) is 104 cm³/mol. The van der Waals surface area contributed by atoms with Crippen LogP contribution in [-0.2, 0) is 6.42 Å². The molecular weight excluding hydrogens is 292 g/mol. The average Bonchev–Trinajstić information content (AvgIpc) is 2.62. The largest absolute Gasteiger partial charge is 0.366 e. The Morgan fingerprint density at radius 1 is 0.875 bits per heavy atom. The monoisotopic (exact) mass is 316 g/mol. The van der Waals surface area contributed by atoms with Crippen molar-refractivity contribution in [2.75, 3.05) is 13.6 Å². The lowest BCUT2D eigenvalue weighted by Gasteiger charge is -2.12. The molecule has 0 aliphatic heterocycles. The van der Waals surface area contributed by atoms with Crippen molar-refractivity contribution in [3.63, 3.8) is 0 Å². The van der Waals surface area contributed by atoms with E-state index in [0.29, 0.717) is 0 Å². The smallest absolute Gasteiger partial charge is 0.0909 e. The van der Waals surface area contributed by atoms with Gasteiger partial charge in [0.2, 0.25) is 0 Å². The molecule has 0 saturated carbocycles. The highest BCUT2D eigenvalue weighted by atomic mass is 15.1. The molecule has 0 fully saturated rings. The van der Waals surface area contributed by atoms with Gasteiger partial charge in [0.15, 0.2) is 0 Å². The first-order valence-corrected chi connectivity index (χ1v) is 8.48. The van der Waals surface area contributed by atoms with Gasteiger partial charge in [0.25, 0.3) is 0 Å². The van der Waals surface area contributed by atoms with Crippen LogP contribution in [0.4, 0.5) is 5.69 Å². The van der Waals surface area contributed by atoms with Crippen LogP contribution in [0, 0.1) is 6.92 Å². The summed E-state index contributed by atoms with van der Waals surface area (Å²) in [5.41, 5.74) is 5.10. The van der Waals surface area contributed by atoms with Crippen molar-refractivity contribution in [1.29, 1.82) is 0 Å². The average molecular weight is 316 g/mol. The van der Waals surface area contributed by atoms with Gasteiger partial charge in [-0.1, -0.05) is 54.6 Å². The number of fused-ring (bicyclic) bond motifs is 1. The van der Waals surface area contributed by atoms with Crippen LogP contribution in [-0.4, -0.2) is 24.8 Å². The molecule has 0 amide bonds. The van der Waals surface area contributed by atoms with Crippen LogP contribution in [0.15, 0.2) is 65.7 Å². The molecule has 0 aliphatic carbocycles. The SMILES string of the molecule is CCN(C)/C=N/c1ccc(Cc2ccccc2C)c2ccccc12. The molecule has 3 rings (SSSR count). The molecule has 24 heavy (non-hydrogen) atoms. The van der Waals surface area contributed by atoms with Gasteiger partial charge in [-0.2, -0.15) is 0 Å². The molecule has 0 aromatic heterocycles. The van der Waals surface area contributed by atoms with E-state index in [1.165, 1.54) is 27.5 Å². The van der Waals surface area contributed by atoms with E-state index in [-0.39, 0.29) is 0 Å². The maximum Gasteiger partial charge on any atom is 0.0909 e. The van der Waals surface area contributed by atoms with Crippen molar-refractivity contribution >= 4 is 22.8 Å². The van der Waals surface area contributed by atoms with Gasteiger partial charge in [-0.3, -0.25) is 0 Å². The van der Waals surface area contributed by atoms with Crippen molar-refractivity contribution in [1.82, 2.24) is 4.90 Å². The summed E-state index contributed by atoms with van der Waals surface area (Å²) in [6.45, 7) is 5.25. The third-order valence-corrected chi connectivity index (χ3v) is 4.53. The van der Waals surface area contributed by atoms with Crippen molar-refractivity contribution in [2.45, 2.75) is 20.3 Å². The van der Waals surface area contributed by atoms with Crippen molar-refractivity contribution in [2.24, 2.45) is 4.99 Å². The zero-order valence-corrected chi connectivity index (χ0v) is 14.7. The Kier molecular flexibility index (Phi) is 4.95. The molecule has 0 bridgehead atoms. The van der Waals surface area contributed by atoms with Gasteiger partial charge in [-0.05, 0) is 48.4 Å². The number of aliphatic imine (C=N–C) groups is 1. The minimum Gasteiger partial charge on any atom is -0.366 e. The van der Waals surface area contributed by atoms with Crippen LogP contribution in [0.25, 0.3) is 10.8 Å². The number of aryl methyl sites for hydroxylation is 1. The first-order valence-electron chi connectivity index (χ1n) is 8.48. The third kappa shape index (κ3) is 3.48. The Bertz CT molecular complexity index is 865. The molecule has 0 radical (unpaired) electrons. The second kappa shape index (κ2) is 7.31. The Balaban J connectivity index is 2.02. The number of rotatable bonds is 5. The summed E-state index contributed by atoms with van der Waals surface area (Å²) in [4.78, 5) is 6.75. The van der Waals surface area contributed by atoms with Crippen molar-refractivity contribution in [3.8, 4) is 0 Å². The van der Waals surface area contributed by atoms with E-state index in [0.717, 1.165) is 18.7 Å². The molecule has 2 heteroatoms. The molecule has 0 saturated heterocycles. The summed E-state index contributed by atoms with van der Waals surface area (Å²) in [6, 6.07) is 21.5. The second-order valence-corrected chi connectivity index (χ2v) is 6.21. The number of nitrogens with zero attached hydrogens (tertiary/aromatic N) is 2. The lowest BCUT2D eigenvalue weighted by Crippen LogP contribution is -2.14. The van der Waals surface area contributed by atoms with Gasteiger partial charge in [-0.25, -0.2) is 4.99 Å². The Morgan fingerprint density at radius 2 is 1.58 bits per heavy atom. The van der Waals surface area contributed by atoms with Crippen molar-refractivity contribution in [3.05, 3.63) is 77.4 Å². The zero-order chi connectivity index (χ0) is 16.9. The van der Waals surface area contributed by atoms with Crippen LogP contribution >= 0.6 is 0 Å². The van der Waals surface area contributed by atoms with E-state index in [4.69, 9.17) is 0 Å². The van der Waals surface area contributed by atoms with E-state index < -0.39 is 0 Å². The van der Waals surface area contributed by atoms with Crippen molar-refractivity contribution < 1.29 is 0 Å². The van der Waals surface area contributed by atoms with Gasteiger partial charge in [-0.15, -0.1) is 0 Å². The first kappa shape index (κ1) is 16.3. The second-order valence-electron chi connectivity index (χ2n) is 6.21. The Labute approximate surface area is 144 Å². The standard InChI is InChI=1S/C22H24N2/c1-4-24(3)16-23-22-14-13-19(20-11-7-8-12-21(20)22)15-18-10-6-5-9-17(18)2/h5-14,16H,4,15H2,1-3H3/b23-16+. The number of hydrogen-bond donors (Lipinski definition) is 0. The van der Waals surface area contributed by atoms with E-state index in [1.54, 1.807) is 0 Å². The molecule has 0 spiro atoms. The van der Waals surface area contributed by atoms with E-state index >= 15 is 0 Å². The molecular formula is C22H24N2. The van der Waals surface area contributed by atoms with Gasteiger partial charge in [0.05, 0.1) is 12.0 Å². The quantitative estimate of drug-likeness (QED) is 0.457. The van der Waals surface area contributed by atoms with E-state index in [1.807, 2.05) is 13.4 Å². The van der Waals surface area contributed by atoms with Crippen LogP contribution in [0.5, 0.6) is 0 Å². The Hall–Kier alpha value is -2.61. The zero-order valence-electron chi connectivity index (χ0n) is 14.7. The summed E-state index contributed by atoms with van der Waals surface area (Å²) in [5.74, 6) is 0. The minimum absolute atomic E-state index is 0.950. The molecule has 0 atom stereocenters. The summed E-state index contributed by atoms with van der Waals surface area (Å²) in [6.07, 6.45) is 2.86. The molecule has 0 unspecified atom stereocenters. The predicted octanol–water partition coefficient (Wildman–Crippen LogP) is 5.35. The highest BCUT2D eigenvalue weighted by Crippen LogP contribution is 2.30. The fraction of sp³-hybridized carbons (Fsp3) is 0.227. The topological polar surface area (TPSA) is 15.6 Å². The number of hydrogen-bond acceptors (Lipinski definition) is 1. The van der Waals surface area contributed by atoms with Gasteiger partial charge in [0, 0.05) is 19.0 Å². The van der Waals surface area contributed by atoms with Crippen LogP contribution in [0.3, 0.4) is 0 Å². The maximum atomic E-state index is 4.67. The van der Waals surface area contributed by atoms with E-state index in [2.05, 4.69) is 84.4 Å². The molecule has 122 valence electrons. The lowest BCUT2D eigenvalue weighted by atomic mass is 9.95. The minimum atomic E-state index is 0.950. The number of benzene rings is 3. The summed E-state index contributed by atoms with van der Waals surface area (Å²) < 4.78 is 0. The normalized spacial score (nSPS) is 11.3. The molecule has 0 heterocycles. The summed E-state index contributed by atoms with van der Waals surface area (Å²) in [7, 11) is 2.04. The van der Waals surface area contributed by atoms with Crippen LogP contribution in [0.2, 0.25) is 0 Å². The highest BCUT2D eigenvalue weighted by Gasteiger charge is 2.07. The van der Waals surface area contributed by atoms with Gasteiger partial charge in [0.1, 0.15) is 0 Å². The van der Waals surface area contributed by atoms with Crippen LogP contribution in [0.1, 0.15) is 23.6 Å². The fourth-order valence-corrected chi connectivity index (χ4v) is 2.87. The Morgan fingerprint density at radius 3 is 2.33 bits per heavy atom. The van der Waals surface area contributed by atoms with E-state index in [9.17, 15) is 0 Å². The molecule has 0 aliphatic rings. The van der Waals surface area contributed by atoms with Gasteiger partial charge < -0.3 is 4.90 Å². The summed E-state index contributed by atoms with van der Waals surface area (Å²) in [5, 5.41) is 2.50. The molecule has 2 nitrogen and oxygen atoms in total. The fourth-order valence-electron chi connectivity index (χ4n) is 2.87. The van der Waals surface area contributed by atoms with Crippen LogP contribution < -0.4 is 0 Å². The lowest BCUT2D eigenvalue weighted by molar-refractivity contribution is 0.552. The molecule has 3 aromatic carbocycles. The van der Waals surface area contributed by atoms with Gasteiger partial charge >= 0.3 is 0 Å². The molecule has 3 aromatic rings.